The molecule has 2 aromatic carbocycles. The first-order valence-electron chi connectivity index (χ1n) is 6.66. The van der Waals surface area contributed by atoms with Crippen LogP contribution in [0.5, 0.6) is 5.75 Å². The summed E-state index contributed by atoms with van der Waals surface area (Å²) in [6, 6.07) is 12.4. The van der Waals surface area contributed by atoms with Crippen molar-refractivity contribution in [3.8, 4) is 5.75 Å². The molecule has 2 nitrogen and oxygen atoms in total. The summed E-state index contributed by atoms with van der Waals surface area (Å²) in [5.41, 5.74) is 2.39. The lowest BCUT2D eigenvalue weighted by atomic mass is 10.2. The Morgan fingerprint density at radius 1 is 0.952 bits per heavy atom. The molecular weight excluding hydrogens is 462 g/mol. The van der Waals surface area contributed by atoms with E-state index in [2.05, 4.69) is 83.4 Å². The van der Waals surface area contributed by atoms with Crippen LogP contribution in [0.2, 0.25) is 0 Å². The van der Waals surface area contributed by atoms with Crippen molar-refractivity contribution in [1.29, 1.82) is 0 Å². The van der Waals surface area contributed by atoms with Gasteiger partial charge in [-0.1, -0.05) is 44.0 Å². The molecule has 5 heteroatoms. The van der Waals surface area contributed by atoms with Crippen molar-refractivity contribution < 1.29 is 4.74 Å². The first-order chi connectivity index (χ1) is 10.1. The molecule has 0 saturated carbocycles. The molecule has 0 aliphatic heterocycles. The Morgan fingerprint density at radius 3 is 2.33 bits per heavy atom. The maximum Gasteiger partial charge on any atom is 0.138 e. The quantitative estimate of drug-likeness (QED) is 0.579. The lowest BCUT2D eigenvalue weighted by Gasteiger charge is -2.14. The molecule has 0 spiro atoms. The van der Waals surface area contributed by atoms with Crippen molar-refractivity contribution >= 4 is 47.8 Å². The molecule has 0 saturated heterocycles. The van der Waals surface area contributed by atoms with Gasteiger partial charge < -0.3 is 10.1 Å². The topological polar surface area (TPSA) is 21.3 Å². The number of hydrogen-bond acceptors (Lipinski definition) is 2. The number of halogens is 3. The lowest BCUT2D eigenvalue weighted by molar-refractivity contribution is 0.333. The molecule has 1 N–H and O–H groups in total. The van der Waals surface area contributed by atoms with Gasteiger partial charge in [-0.2, -0.15) is 0 Å². The minimum atomic E-state index is 0.653. The number of nitrogens with one attached hydrogen (secondary N) is 1. The van der Waals surface area contributed by atoms with Gasteiger partial charge in [0.05, 0.1) is 11.1 Å². The average molecular weight is 478 g/mol. The van der Waals surface area contributed by atoms with E-state index in [0.29, 0.717) is 6.61 Å². The number of ether oxygens (including phenoxy) is 1. The molecule has 0 heterocycles. The van der Waals surface area contributed by atoms with E-state index in [-0.39, 0.29) is 0 Å². The van der Waals surface area contributed by atoms with Crippen LogP contribution in [0, 0.1) is 0 Å². The fourth-order valence-corrected chi connectivity index (χ4v) is 3.69. The molecule has 0 radical (unpaired) electrons. The van der Waals surface area contributed by atoms with E-state index in [9.17, 15) is 0 Å². The van der Waals surface area contributed by atoms with Crippen molar-refractivity contribution in [2.24, 2.45) is 0 Å². The molecule has 2 aromatic rings. The molecule has 0 aliphatic rings. The second-order valence-electron chi connectivity index (χ2n) is 4.54. The van der Waals surface area contributed by atoms with Gasteiger partial charge in [0.15, 0.2) is 0 Å². The molecule has 0 bridgehead atoms. The third-order valence-electron chi connectivity index (χ3n) is 2.93. The monoisotopic (exact) mass is 475 g/mol. The predicted octanol–water partition coefficient (Wildman–Crippen LogP) is 5.66. The van der Waals surface area contributed by atoms with Crippen molar-refractivity contribution in [3.63, 3.8) is 0 Å². The van der Waals surface area contributed by atoms with Crippen molar-refractivity contribution in [1.82, 2.24) is 5.32 Å². The van der Waals surface area contributed by atoms with Crippen LogP contribution in [0.15, 0.2) is 49.8 Å². The summed E-state index contributed by atoms with van der Waals surface area (Å²) in [6.45, 7) is 4.22. The van der Waals surface area contributed by atoms with E-state index in [1.54, 1.807) is 0 Å². The first kappa shape index (κ1) is 17.0. The van der Waals surface area contributed by atoms with E-state index in [0.717, 1.165) is 37.8 Å². The molecule has 2 rings (SSSR count). The van der Waals surface area contributed by atoms with Gasteiger partial charge in [-0.3, -0.25) is 0 Å². The molecule has 0 atom stereocenters. The Bertz CT molecular complexity index is 599. The Labute approximate surface area is 150 Å². The highest BCUT2D eigenvalue weighted by molar-refractivity contribution is 9.11. The fraction of sp³-hybridized carbons (Fsp3) is 0.250. The predicted molar refractivity (Wildman–Crippen MR) is 97.7 cm³/mol. The summed E-state index contributed by atoms with van der Waals surface area (Å²) in [5.74, 6) is 0.906. The highest BCUT2D eigenvalue weighted by atomic mass is 79.9. The van der Waals surface area contributed by atoms with Crippen LogP contribution in [-0.4, -0.2) is 6.61 Å². The Morgan fingerprint density at radius 2 is 1.67 bits per heavy atom. The van der Waals surface area contributed by atoms with Crippen LogP contribution in [0.1, 0.15) is 18.1 Å². The van der Waals surface area contributed by atoms with E-state index in [1.165, 1.54) is 5.56 Å². The van der Waals surface area contributed by atoms with Gasteiger partial charge in [0, 0.05) is 27.6 Å². The summed E-state index contributed by atoms with van der Waals surface area (Å²) in [7, 11) is 0. The molecular formula is C16H16Br3NO. The maximum absolute atomic E-state index is 5.73. The molecule has 0 unspecified atom stereocenters. The van der Waals surface area contributed by atoms with Crippen molar-refractivity contribution in [2.45, 2.75) is 20.0 Å². The first-order valence-corrected chi connectivity index (χ1v) is 9.04. The molecule has 0 aromatic heterocycles. The van der Waals surface area contributed by atoms with E-state index < -0.39 is 0 Å². The minimum absolute atomic E-state index is 0.653. The molecule has 21 heavy (non-hydrogen) atoms. The van der Waals surface area contributed by atoms with Crippen LogP contribution in [0.4, 0.5) is 0 Å². The standard InChI is InChI=1S/C16H16Br3NO/c1-2-21-16-12(7-14(18)8-15(16)19)10-20-9-11-3-5-13(17)6-4-11/h3-8,20H,2,9-10H2,1H3. The van der Waals surface area contributed by atoms with E-state index in [1.807, 2.05) is 13.0 Å². The molecule has 0 aliphatic carbocycles. The number of hydrogen-bond donors (Lipinski definition) is 1. The zero-order valence-electron chi connectivity index (χ0n) is 11.6. The Kier molecular flexibility index (Phi) is 6.74. The number of rotatable bonds is 6. The molecule has 0 amide bonds. The lowest BCUT2D eigenvalue weighted by Crippen LogP contribution is -2.14. The summed E-state index contributed by atoms with van der Waals surface area (Å²) in [4.78, 5) is 0. The van der Waals surface area contributed by atoms with E-state index in [4.69, 9.17) is 4.74 Å². The van der Waals surface area contributed by atoms with Gasteiger partial charge in [-0.25, -0.2) is 0 Å². The normalized spacial score (nSPS) is 10.7. The Balaban J connectivity index is 2.03. The van der Waals surface area contributed by atoms with Crippen LogP contribution in [0.3, 0.4) is 0 Å². The van der Waals surface area contributed by atoms with Crippen LogP contribution in [0.25, 0.3) is 0 Å². The van der Waals surface area contributed by atoms with Gasteiger partial charge in [-0.05, 0) is 52.7 Å². The van der Waals surface area contributed by atoms with Gasteiger partial charge in [0.25, 0.3) is 0 Å². The minimum Gasteiger partial charge on any atom is -0.492 e. The summed E-state index contributed by atoms with van der Waals surface area (Å²) in [6.07, 6.45) is 0. The highest BCUT2D eigenvalue weighted by Gasteiger charge is 2.09. The molecule has 0 fully saturated rings. The van der Waals surface area contributed by atoms with Gasteiger partial charge in [0.1, 0.15) is 5.75 Å². The van der Waals surface area contributed by atoms with Crippen LogP contribution >= 0.6 is 47.8 Å². The number of benzene rings is 2. The Hall–Kier alpha value is -0.360. The largest absolute Gasteiger partial charge is 0.492 e. The highest BCUT2D eigenvalue weighted by Crippen LogP contribution is 2.33. The summed E-state index contributed by atoms with van der Waals surface area (Å²) < 4.78 is 8.84. The van der Waals surface area contributed by atoms with Crippen molar-refractivity contribution in [3.05, 3.63) is 60.9 Å². The van der Waals surface area contributed by atoms with Crippen LogP contribution < -0.4 is 10.1 Å². The van der Waals surface area contributed by atoms with Crippen LogP contribution in [-0.2, 0) is 13.1 Å². The summed E-state index contributed by atoms with van der Waals surface area (Å²) in [5, 5.41) is 3.45. The van der Waals surface area contributed by atoms with Gasteiger partial charge in [0.2, 0.25) is 0 Å². The maximum atomic E-state index is 5.73. The zero-order chi connectivity index (χ0) is 15.2. The third kappa shape index (κ3) is 5.09. The fourth-order valence-electron chi connectivity index (χ4n) is 1.99. The molecule has 112 valence electrons. The average Bonchev–Trinajstić information content (AvgIpc) is 2.44. The smallest absolute Gasteiger partial charge is 0.138 e. The van der Waals surface area contributed by atoms with Crippen molar-refractivity contribution in [2.75, 3.05) is 6.61 Å². The van der Waals surface area contributed by atoms with Gasteiger partial charge in [-0.15, -0.1) is 0 Å². The second-order valence-corrected chi connectivity index (χ2v) is 7.22. The van der Waals surface area contributed by atoms with E-state index >= 15 is 0 Å². The second kappa shape index (κ2) is 8.32. The third-order valence-corrected chi connectivity index (χ3v) is 4.51. The van der Waals surface area contributed by atoms with Gasteiger partial charge >= 0.3 is 0 Å². The zero-order valence-corrected chi connectivity index (χ0v) is 16.4. The summed E-state index contributed by atoms with van der Waals surface area (Å²) >= 11 is 10.5. The SMILES string of the molecule is CCOc1c(Br)cc(Br)cc1CNCc1ccc(Br)cc1.